The SMILES string of the molecule is COc1cccc(OC)c1Oc1cccc(F)c1CBr. The number of methoxy groups -OCH3 is 2. The van der Waals surface area contributed by atoms with E-state index in [0.29, 0.717) is 33.9 Å². The molecule has 0 aromatic heterocycles. The quantitative estimate of drug-likeness (QED) is 0.748. The molecular weight excluding hydrogens is 327 g/mol. The number of alkyl halides is 1. The molecule has 0 saturated heterocycles. The zero-order valence-electron chi connectivity index (χ0n) is 11.2. The molecule has 0 radical (unpaired) electrons. The van der Waals surface area contributed by atoms with Gasteiger partial charge in [0.15, 0.2) is 11.5 Å². The molecule has 0 fully saturated rings. The molecular formula is C15H14BrFO3. The number of hydrogen-bond acceptors (Lipinski definition) is 3. The zero-order valence-corrected chi connectivity index (χ0v) is 12.7. The molecule has 20 heavy (non-hydrogen) atoms. The van der Waals surface area contributed by atoms with Crippen molar-refractivity contribution in [3.63, 3.8) is 0 Å². The van der Waals surface area contributed by atoms with Crippen molar-refractivity contribution >= 4 is 15.9 Å². The van der Waals surface area contributed by atoms with E-state index in [9.17, 15) is 4.39 Å². The van der Waals surface area contributed by atoms with Crippen LogP contribution in [0.2, 0.25) is 0 Å². The van der Waals surface area contributed by atoms with Gasteiger partial charge in [0, 0.05) is 10.9 Å². The van der Waals surface area contributed by atoms with Crippen LogP contribution in [0.4, 0.5) is 4.39 Å². The first-order chi connectivity index (χ1) is 9.71. The van der Waals surface area contributed by atoms with E-state index < -0.39 is 0 Å². The largest absolute Gasteiger partial charge is 0.493 e. The van der Waals surface area contributed by atoms with Crippen molar-refractivity contribution in [3.05, 3.63) is 47.8 Å². The highest BCUT2D eigenvalue weighted by Crippen LogP contribution is 2.41. The second kappa shape index (κ2) is 6.61. The van der Waals surface area contributed by atoms with E-state index in [0.717, 1.165) is 0 Å². The second-order valence-corrected chi connectivity index (χ2v) is 4.50. The topological polar surface area (TPSA) is 27.7 Å². The van der Waals surface area contributed by atoms with Gasteiger partial charge in [-0.15, -0.1) is 0 Å². The molecule has 0 heterocycles. The molecule has 106 valence electrons. The van der Waals surface area contributed by atoms with Gasteiger partial charge in [0.05, 0.1) is 14.2 Å². The summed E-state index contributed by atoms with van der Waals surface area (Å²) in [4.78, 5) is 0. The van der Waals surface area contributed by atoms with Crippen LogP contribution in [0.3, 0.4) is 0 Å². The standard InChI is InChI=1S/C15H14BrFO3/c1-18-13-7-4-8-14(19-2)15(13)20-12-6-3-5-11(17)10(12)9-16/h3-8H,9H2,1-2H3. The minimum absolute atomic E-state index is 0.326. The van der Waals surface area contributed by atoms with Crippen molar-refractivity contribution in [3.8, 4) is 23.0 Å². The molecule has 0 atom stereocenters. The first-order valence-corrected chi connectivity index (χ1v) is 7.05. The van der Waals surface area contributed by atoms with Crippen LogP contribution in [0.1, 0.15) is 5.56 Å². The summed E-state index contributed by atoms with van der Waals surface area (Å²) in [6.45, 7) is 0. The fourth-order valence-electron chi connectivity index (χ4n) is 1.79. The lowest BCUT2D eigenvalue weighted by molar-refractivity contribution is 0.344. The summed E-state index contributed by atoms with van der Waals surface area (Å²) in [5, 5.41) is 0.354. The molecule has 3 nitrogen and oxygen atoms in total. The third-order valence-electron chi connectivity index (χ3n) is 2.80. The van der Waals surface area contributed by atoms with Gasteiger partial charge in [0.25, 0.3) is 0 Å². The summed E-state index contributed by atoms with van der Waals surface area (Å²) >= 11 is 3.26. The van der Waals surface area contributed by atoms with E-state index in [-0.39, 0.29) is 5.82 Å². The number of ether oxygens (including phenoxy) is 3. The Balaban J connectivity index is 2.47. The normalized spacial score (nSPS) is 10.2. The van der Waals surface area contributed by atoms with Crippen molar-refractivity contribution in [1.29, 1.82) is 0 Å². The predicted octanol–water partition coefficient (Wildman–Crippen LogP) is 4.53. The van der Waals surface area contributed by atoms with Crippen LogP contribution in [0, 0.1) is 5.82 Å². The van der Waals surface area contributed by atoms with Crippen molar-refractivity contribution < 1.29 is 18.6 Å². The van der Waals surface area contributed by atoms with Gasteiger partial charge in [-0.05, 0) is 24.3 Å². The molecule has 0 aliphatic heterocycles. The minimum Gasteiger partial charge on any atom is -0.493 e. The van der Waals surface area contributed by atoms with E-state index in [1.807, 2.05) is 0 Å². The average molecular weight is 341 g/mol. The highest BCUT2D eigenvalue weighted by atomic mass is 79.9. The van der Waals surface area contributed by atoms with E-state index >= 15 is 0 Å². The van der Waals surface area contributed by atoms with Crippen LogP contribution in [0.25, 0.3) is 0 Å². The Hall–Kier alpha value is -1.75. The summed E-state index contributed by atoms with van der Waals surface area (Å²) in [6.07, 6.45) is 0. The molecule has 2 rings (SSSR count). The molecule has 0 spiro atoms. The van der Waals surface area contributed by atoms with Gasteiger partial charge in [0.1, 0.15) is 11.6 Å². The number of rotatable bonds is 5. The van der Waals surface area contributed by atoms with Gasteiger partial charge < -0.3 is 14.2 Å². The summed E-state index contributed by atoms with van der Waals surface area (Å²) in [6, 6.07) is 9.99. The van der Waals surface area contributed by atoms with E-state index in [1.54, 1.807) is 44.6 Å². The molecule has 0 N–H and O–H groups in total. The number of halogens is 2. The number of benzene rings is 2. The third-order valence-corrected chi connectivity index (χ3v) is 3.36. The van der Waals surface area contributed by atoms with Gasteiger partial charge in [-0.25, -0.2) is 4.39 Å². The van der Waals surface area contributed by atoms with E-state index in [1.165, 1.54) is 6.07 Å². The molecule has 0 aliphatic carbocycles. The molecule has 0 aliphatic rings. The highest BCUT2D eigenvalue weighted by molar-refractivity contribution is 9.08. The van der Waals surface area contributed by atoms with Gasteiger partial charge in [-0.2, -0.15) is 0 Å². The van der Waals surface area contributed by atoms with E-state index in [2.05, 4.69) is 15.9 Å². The van der Waals surface area contributed by atoms with Crippen molar-refractivity contribution in [2.75, 3.05) is 14.2 Å². The third kappa shape index (κ3) is 2.88. The maximum absolute atomic E-state index is 13.7. The summed E-state index contributed by atoms with van der Waals surface area (Å²) in [5.41, 5.74) is 0.445. The fourth-order valence-corrected chi connectivity index (χ4v) is 2.34. The highest BCUT2D eigenvalue weighted by Gasteiger charge is 2.15. The second-order valence-electron chi connectivity index (χ2n) is 3.94. The molecule has 2 aromatic rings. The minimum atomic E-state index is -0.326. The van der Waals surface area contributed by atoms with Crippen molar-refractivity contribution in [1.82, 2.24) is 0 Å². The lowest BCUT2D eigenvalue weighted by Crippen LogP contribution is -1.97. The molecule has 0 bridgehead atoms. The summed E-state index contributed by atoms with van der Waals surface area (Å²) in [5.74, 6) is 1.56. The Morgan fingerprint density at radius 2 is 1.50 bits per heavy atom. The first-order valence-electron chi connectivity index (χ1n) is 5.93. The summed E-state index contributed by atoms with van der Waals surface area (Å²) < 4.78 is 30.1. The van der Waals surface area contributed by atoms with Crippen LogP contribution >= 0.6 is 15.9 Å². The predicted molar refractivity (Wildman–Crippen MR) is 78.7 cm³/mol. The fraction of sp³-hybridized carbons (Fsp3) is 0.200. The Labute approximate surface area is 125 Å². The number of para-hydroxylation sites is 1. The molecule has 2 aromatic carbocycles. The lowest BCUT2D eigenvalue weighted by atomic mass is 10.2. The van der Waals surface area contributed by atoms with Crippen molar-refractivity contribution in [2.45, 2.75) is 5.33 Å². The van der Waals surface area contributed by atoms with Gasteiger partial charge >= 0.3 is 0 Å². The van der Waals surface area contributed by atoms with Gasteiger partial charge in [0.2, 0.25) is 5.75 Å². The Bertz CT molecular complexity index is 579. The average Bonchev–Trinajstić information content (AvgIpc) is 2.47. The van der Waals surface area contributed by atoms with Crippen LogP contribution in [-0.4, -0.2) is 14.2 Å². The zero-order chi connectivity index (χ0) is 14.5. The van der Waals surface area contributed by atoms with E-state index in [4.69, 9.17) is 14.2 Å². The molecule has 0 saturated carbocycles. The van der Waals surface area contributed by atoms with Crippen LogP contribution in [-0.2, 0) is 5.33 Å². The smallest absolute Gasteiger partial charge is 0.211 e. The van der Waals surface area contributed by atoms with Crippen LogP contribution in [0.5, 0.6) is 23.0 Å². The molecule has 0 unspecified atom stereocenters. The Morgan fingerprint density at radius 3 is 2.05 bits per heavy atom. The Kier molecular flexibility index (Phi) is 4.84. The van der Waals surface area contributed by atoms with Crippen molar-refractivity contribution in [2.24, 2.45) is 0 Å². The monoisotopic (exact) mass is 340 g/mol. The maximum atomic E-state index is 13.7. The molecule has 0 amide bonds. The maximum Gasteiger partial charge on any atom is 0.211 e. The lowest BCUT2D eigenvalue weighted by Gasteiger charge is -2.15. The van der Waals surface area contributed by atoms with Gasteiger partial charge in [-0.1, -0.05) is 28.1 Å². The van der Waals surface area contributed by atoms with Crippen LogP contribution in [0.15, 0.2) is 36.4 Å². The summed E-state index contributed by atoms with van der Waals surface area (Å²) in [7, 11) is 3.08. The van der Waals surface area contributed by atoms with Crippen LogP contribution < -0.4 is 14.2 Å². The molecule has 5 heteroatoms. The first kappa shape index (κ1) is 14.7. The Morgan fingerprint density at radius 1 is 0.950 bits per heavy atom. The van der Waals surface area contributed by atoms with Gasteiger partial charge in [-0.3, -0.25) is 0 Å². The number of hydrogen-bond donors (Lipinski definition) is 0.